The maximum atomic E-state index is 12.3. The van der Waals surface area contributed by atoms with Crippen LogP contribution in [0.25, 0.3) is 11.3 Å². The molecule has 0 saturated heterocycles. The Balaban J connectivity index is 2.33. The summed E-state index contributed by atoms with van der Waals surface area (Å²) in [4.78, 5) is 0. The average molecular weight is 304 g/mol. The van der Waals surface area contributed by atoms with E-state index in [2.05, 4.69) is 9.89 Å². The van der Waals surface area contributed by atoms with Gasteiger partial charge < -0.3 is 14.0 Å². The molecule has 0 spiro atoms. The van der Waals surface area contributed by atoms with E-state index in [1.165, 1.54) is 6.07 Å². The second-order valence-electron chi connectivity index (χ2n) is 3.79. The molecule has 0 N–H and O–H groups in total. The molecule has 20 heavy (non-hydrogen) atoms. The Morgan fingerprint density at radius 1 is 1.30 bits per heavy atom. The van der Waals surface area contributed by atoms with E-state index in [4.69, 9.17) is 20.9 Å². The summed E-state index contributed by atoms with van der Waals surface area (Å²) in [5, 5.41) is 3.85. The molecule has 1 heterocycles. The Morgan fingerprint density at radius 3 is 2.70 bits per heavy atom. The highest BCUT2D eigenvalue weighted by molar-refractivity contribution is 6.16. The van der Waals surface area contributed by atoms with Crippen LogP contribution in [0.4, 0.5) is 8.78 Å². The maximum absolute atomic E-state index is 12.3. The topological polar surface area (TPSA) is 44.5 Å². The van der Waals surface area contributed by atoms with Gasteiger partial charge in [0.15, 0.2) is 17.3 Å². The molecule has 7 heteroatoms. The fourth-order valence-electron chi connectivity index (χ4n) is 1.64. The van der Waals surface area contributed by atoms with Crippen LogP contribution >= 0.6 is 11.6 Å². The fourth-order valence-corrected chi connectivity index (χ4v) is 1.77. The number of benzene rings is 1. The molecule has 1 aromatic carbocycles. The van der Waals surface area contributed by atoms with Crippen molar-refractivity contribution in [2.45, 2.75) is 19.4 Å². The van der Waals surface area contributed by atoms with Crippen LogP contribution in [0.3, 0.4) is 0 Å². The molecule has 0 amide bonds. The van der Waals surface area contributed by atoms with Gasteiger partial charge in [0, 0.05) is 11.6 Å². The summed E-state index contributed by atoms with van der Waals surface area (Å²) in [7, 11) is 0. The van der Waals surface area contributed by atoms with Gasteiger partial charge in [-0.2, -0.15) is 8.78 Å². The van der Waals surface area contributed by atoms with Gasteiger partial charge in [-0.1, -0.05) is 5.16 Å². The van der Waals surface area contributed by atoms with Gasteiger partial charge >= 0.3 is 6.61 Å². The van der Waals surface area contributed by atoms with Crippen LogP contribution in [0.1, 0.15) is 12.7 Å². The lowest BCUT2D eigenvalue weighted by Gasteiger charge is -2.11. The molecule has 0 aliphatic heterocycles. The smallest absolute Gasteiger partial charge is 0.387 e. The van der Waals surface area contributed by atoms with Crippen molar-refractivity contribution in [3.63, 3.8) is 0 Å². The molecule has 0 fully saturated rings. The fraction of sp³-hybridized carbons (Fsp3) is 0.308. The minimum absolute atomic E-state index is 0.0216. The third kappa shape index (κ3) is 3.39. The molecule has 0 atom stereocenters. The molecule has 4 nitrogen and oxygen atoms in total. The summed E-state index contributed by atoms with van der Waals surface area (Å²) in [6.07, 6.45) is 0. The highest BCUT2D eigenvalue weighted by Gasteiger charge is 2.14. The molecule has 0 aliphatic carbocycles. The minimum Gasteiger partial charge on any atom is -0.490 e. The first kappa shape index (κ1) is 14.6. The Bertz CT molecular complexity index is 574. The van der Waals surface area contributed by atoms with Gasteiger partial charge in [-0.15, -0.1) is 11.6 Å². The Labute approximate surface area is 119 Å². The number of hydrogen-bond donors (Lipinski definition) is 0. The Hall–Kier alpha value is -1.82. The lowest BCUT2D eigenvalue weighted by Crippen LogP contribution is -2.04. The summed E-state index contributed by atoms with van der Waals surface area (Å²) in [6, 6.07) is 6.24. The second kappa shape index (κ2) is 6.56. The molecule has 0 aliphatic rings. The van der Waals surface area contributed by atoms with Crippen molar-refractivity contribution < 1.29 is 22.8 Å². The van der Waals surface area contributed by atoms with Gasteiger partial charge in [-0.05, 0) is 25.1 Å². The largest absolute Gasteiger partial charge is 0.490 e. The minimum atomic E-state index is -2.91. The standard InChI is InChI=1S/C13H12ClF2NO3/c1-2-18-12-5-8(3-4-11(12)19-13(15)16)10-6-9(7-14)20-17-10/h3-6,13H,2,7H2,1H3. The van der Waals surface area contributed by atoms with Gasteiger partial charge in [0.05, 0.1) is 12.5 Å². The molecule has 0 saturated carbocycles. The quantitative estimate of drug-likeness (QED) is 0.754. The van der Waals surface area contributed by atoms with Crippen molar-refractivity contribution in [1.82, 2.24) is 5.16 Å². The van der Waals surface area contributed by atoms with Crippen molar-refractivity contribution in [3.05, 3.63) is 30.0 Å². The molecule has 0 bridgehead atoms. The zero-order valence-corrected chi connectivity index (χ0v) is 11.4. The van der Waals surface area contributed by atoms with Crippen molar-refractivity contribution in [2.24, 2.45) is 0 Å². The molecule has 2 rings (SSSR count). The molecular weight excluding hydrogens is 292 g/mol. The van der Waals surface area contributed by atoms with Crippen LogP contribution in [0.5, 0.6) is 11.5 Å². The maximum Gasteiger partial charge on any atom is 0.387 e. The predicted octanol–water partition coefficient (Wildman–Crippen LogP) is 4.08. The van der Waals surface area contributed by atoms with E-state index in [1.54, 1.807) is 25.1 Å². The van der Waals surface area contributed by atoms with Gasteiger partial charge in [0.25, 0.3) is 0 Å². The third-order valence-electron chi connectivity index (χ3n) is 2.45. The molecule has 0 radical (unpaired) electrons. The van der Waals surface area contributed by atoms with Gasteiger partial charge in [-0.3, -0.25) is 0 Å². The first-order chi connectivity index (χ1) is 9.63. The molecule has 2 aromatic rings. The number of halogens is 3. The number of hydrogen-bond acceptors (Lipinski definition) is 4. The number of nitrogens with zero attached hydrogens (tertiary/aromatic N) is 1. The molecule has 1 aromatic heterocycles. The number of ether oxygens (including phenoxy) is 2. The van der Waals surface area contributed by atoms with E-state index in [1.807, 2.05) is 0 Å². The van der Waals surface area contributed by atoms with E-state index in [9.17, 15) is 8.78 Å². The van der Waals surface area contributed by atoms with Crippen LogP contribution in [-0.2, 0) is 5.88 Å². The van der Waals surface area contributed by atoms with Gasteiger partial charge in [-0.25, -0.2) is 0 Å². The molecular formula is C13H12ClF2NO3. The van der Waals surface area contributed by atoms with E-state index in [0.717, 1.165) is 0 Å². The monoisotopic (exact) mass is 303 g/mol. The van der Waals surface area contributed by atoms with Crippen molar-refractivity contribution in [1.29, 1.82) is 0 Å². The summed E-state index contributed by atoms with van der Waals surface area (Å²) >= 11 is 5.63. The van der Waals surface area contributed by atoms with E-state index in [-0.39, 0.29) is 17.4 Å². The highest BCUT2D eigenvalue weighted by Crippen LogP contribution is 2.33. The SMILES string of the molecule is CCOc1cc(-c2cc(CCl)on2)ccc1OC(F)F. The Kier molecular flexibility index (Phi) is 4.79. The highest BCUT2D eigenvalue weighted by atomic mass is 35.5. The number of alkyl halides is 3. The van der Waals surface area contributed by atoms with Crippen molar-refractivity contribution in [3.8, 4) is 22.8 Å². The zero-order chi connectivity index (χ0) is 14.5. The average Bonchev–Trinajstić information content (AvgIpc) is 2.89. The Morgan fingerprint density at radius 2 is 2.10 bits per heavy atom. The first-order valence-corrected chi connectivity index (χ1v) is 6.41. The van der Waals surface area contributed by atoms with E-state index >= 15 is 0 Å². The van der Waals surface area contributed by atoms with E-state index in [0.29, 0.717) is 23.6 Å². The lowest BCUT2D eigenvalue weighted by atomic mass is 10.1. The van der Waals surface area contributed by atoms with E-state index < -0.39 is 6.61 Å². The van der Waals surface area contributed by atoms with Crippen LogP contribution in [0, 0.1) is 0 Å². The zero-order valence-electron chi connectivity index (χ0n) is 10.6. The van der Waals surface area contributed by atoms with Crippen molar-refractivity contribution >= 4 is 11.6 Å². The normalized spacial score (nSPS) is 10.8. The lowest BCUT2D eigenvalue weighted by molar-refractivity contribution is -0.0514. The summed E-state index contributed by atoms with van der Waals surface area (Å²) in [5.74, 6) is 0.928. The number of aromatic nitrogens is 1. The van der Waals surface area contributed by atoms with Crippen LogP contribution in [-0.4, -0.2) is 18.4 Å². The van der Waals surface area contributed by atoms with Gasteiger partial charge in [0.1, 0.15) is 5.69 Å². The summed E-state index contributed by atoms with van der Waals surface area (Å²) < 4.78 is 39.3. The second-order valence-corrected chi connectivity index (χ2v) is 4.05. The number of rotatable bonds is 6. The molecule has 108 valence electrons. The first-order valence-electron chi connectivity index (χ1n) is 5.87. The third-order valence-corrected chi connectivity index (χ3v) is 2.71. The summed E-state index contributed by atoms with van der Waals surface area (Å²) in [6.45, 7) is -0.829. The predicted molar refractivity (Wildman–Crippen MR) is 69.3 cm³/mol. The van der Waals surface area contributed by atoms with Crippen LogP contribution in [0.15, 0.2) is 28.8 Å². The van der Waals surface area contributed by atoms with Crippen LogP contribution in [0.2, 0.25) is 0 Å². The van der Waals surface area contributed by atoms with Gasteiger partial charge in [0.2, 0.25) is 0 Å². The van der Waals surface area contributed by atoms with Crippen LogP contribution < -0.4 is 9.47 Å². The summed E-state index contributed by atoms with van der Waals surface area (Å²) in [5.41, 5.74) is 1.21. The van der Waals surface area contributed by atoms with Crippen molar-refractivity contribution in [2.75, 3.05) is 6.61 Å². The molecule has 0 unspecified atom stereocenters.